The van der Waals surface area contributed by atoms with E-state index in [0.717, 1.165) is 5.56 Å². The van der Waals surface area contributed by atoms with E-state index in [1.165, 1.54) is 11.8 Å². The second-order valence-electron chi connectivity index (χ2n) is 4.98. The highest BCUT2D eigenvalue weighted by Crippen LogP contribution is 2.24. The lowest BCUT2D eigenvalue weighted by Gasteiger charge is -2.29. The molecule has 1 aromatic rings. The molecule has 0 bridgehead atoms. The SMILES string of the molecule is COCC(C)N(Cc1cc(OC)cc(OC)c1)C(=O)CSC. The summed E-state index contributed by atoms with van der Waals surface area (Å²) in [6.07, 6.45) is 1.92. The Morgan fingerprint density at radius 1 is 1.18 bits per heavy atom. The number of hydrogen-bond acceptors (Lipinski definition) is 5. The molecule has 0 heterocycles. The lowest BCUT2D eigenvalue weighted by atomic mass is 10.1. The van der Waals surface area contributed by atoms with E-state index in [4.69, 9.17) is 14.2 Å². The molecule has 0 spiro atoms. The van der Waals surface area contributed by atoms with E-state index < -0.39 is 0 Å². The van der Waals surface area contributed by atoms with Crippen molar-refractivity contribution in [2.75, 3.05) is 39.9 Å². The average molecular weight is 327 g/mol. The highest BCUT2D eigenvalue weighted by Gasteiger charge is 2.20. The van der Waals surface area contributed by atoms with Crippen LogP contribution in [0.25, 0.3) is 0 Å². The van der Waals surface area contributed by atoms with Crippen LogP contribution in [0.15, 0.2) is 18.2 Å². The molecule has 124 valence electrons. The van der Waals surface area contributed by atoms with Crippen molar-refractivity contribution < 1.29 is 19.0 Å². The first-order chi connectivity index (χ1) is 10.5. The van der Waals surface area contributed by atoms with Crippen LogP contribution in [-0.4, -0.2) is 56.8 Å². The number of benzene rings is 1. The quantitative estimate of drug-likeness (QED) is 0.697. The molecule has 0 aliphatic carbocycles. The summed E-state index contributed by atoms with van der Waals surface area (Å²) in [5.41, 5.74) is 0.966. The van der Waals surface area contributed by atoms with Crippen molar-refractivity contribution in [3.8, 4) is 11.5 Å². The van der Waals surface area contributed by atoms with Gasteiger partial charge in [-0.1, -0.05) is 0 Å². The van der Waals surface area contributed by atoms with Crippen molar-refractivity contribution in [1.82, 2.24) is 4.90 Å². The normalized spacial score (nSPS) is 11.9. The molecule has 0 saturated heterocycles. The summed E-state index contributed by atoms with van der Waals surface area (Å²) >= 11 is 1.52. The lowest BCUT2D eigenvalue weighted by molar-refractivity contribution is -0.132. The molecule has 5 nitrogen and oxygen atoms in total. The third-order valence-electron chi connectivity index (χ3n) is 3.29. The van der Waals surface area contributed by atoms with Gasteiger partial charge >= 0.3 is 0 Å². The summed E-state index contributed by atoms with van der Waals surface area (Å²) in [7, 11) is 4.87. The fraction of sp³-hybridized carbons (Fsp3) is 0.562. The second kappa shape index (κ2) is 9.58. The fourth-order valence-electron chi connectivity index (χ4n) is 2.18. The van der Waals surface area contributed by atoms with E-state index in [9.17, 15) is 4.79 Å². The molecule has 1 aromatic carbocycles. The number of carbonyl (C=O) groups excluding carboxylic acids is 1. The van der Waals surface area contributed by atoms with E-state index >= 15 is 0 Å². The Hall–Kier alpha value is -1.40. The molecular formula is C16H25NO4S. The average Bonchev–Trinajstić information content (AvgIpc) is 2.52. The molecule has 0 N–H and O–H groups in total. The zero-order valence-corrected chi connectivity index (χ0v) is 14.7. The monoisotopic (exact) mass is 327 g/mol. The van der Waals surface area contributed by atoms with Gasteiger partial charge in [-0.15, -0.1) is 0 Å². The standard InChI is InChI=1S/C16H25NO4S/c1-12(10-19-2)17(16(18)11-22-5)9-13-6-14(20-3)8-15(7-13)21-4/h6-8,12H,9-11H2,1-5H3. The van der Waals surface area contributed by atoms with Crippen molar-refractivity contribution >= 4 is 17.7 Å². The molecule has 0 saturated carbocycles. The largest absolute Gasteiger partial charge is 0.497 e. The minimum atomic E-state index is 0.00171. The summed E-state index contributed by atoms with van der Waals surface area (Å²) < 4.78 is 15.8. The van der Waals surface area contributed by atoms with Crippen LogP contribution in [-0.2, 0) is 16.1 Å². The van der Waals surface area contributed by atoms with Crippen molar-refractivity contribution in [3.05, 3.63) is 23.8 Å². The minimum absolute atomic E-state index is 0.00171. The topological polar surface area (TPSA) is 48.0 Å². The summed E-state index contributed by atoms with van der Waals surface area (Å²) in [5.74, 6) is 1.98. The minimum Gasteiger partial charge on any atom is -0.497 e. The number of thioether (sulfide) groups is 1. The zero-order valence-electron chi connectivity index (χ0n) is 13.9. The summed E-state index contributed by atoms with van der Waals surface area (Å²) in [6, 6.07) is 5.65. The zero-order chi connectivity index (χ0) is 16.5. The molecule has 1 atom stereocenters. The molecule has 6 heteroatoms. The molecular weight excluding hydrogens is 302 g/mol. The number of rotatable bonds is 9. The fourth-order valence-corrected chi connectivity index (χ4v) is 2.59. The van der Waals surface area contributed by atoms with Gasteiger partial charge in [0.2, 0.25) is 5.91 Å². The van der Waals surface area contributed by atoms with Gasteiger partial charge in [0.05, 0.1) is 32.6 Å². The molecule has 1 rings (SSSR count). The van der Waals surface area contributed by atoms with Gasteiger partial charge in [0, 0.05) is 19.7 Å². The first-order valence-corrected chi connectivity index (χ1v) is 8.44. The van der Waals surface area contributed by atoms with Crippen LogP contribution in [0.4, 0.5) is 0 Å². The lowest BCUT2D eigenvalue weighted by Crippen LogP contribution is -2.41. The molecule has 1 amide bonds. The van der Waals surface area contributed by atoms with Crippen molar-refractivity contribution in [1.29, 1.82) is 0 Å². The van der Waals surface area contributed by atoms with Crippen LogP contribution in [0.1, 0.15) is 12.5 Å². The summed E-state index contributed by atoms with van der Waals surface area (Å²) in [4.78, 5) is 14.2. The first kappa shape index (κ1) is 18.6. The van der Waals surface area contributed by atoms with Gasteiger partial charge in [-0.25, -0.2) is 0 Å². The van der Waals surface area contributed by atoms with E-state index in [1.54, 1.807) is 21.3 Å². The van der Waals surface area contributed by atoms with Gasteiger partial charge in [0.25, 0.3) is 0 Å². The Kier molecular flexibility index (Phi) is 8.12. The maximum atomic E-state index is 12.4. The molecule has 0 aliphatic rings. The third kappa shape index (κ3) is 5.42. The van der Waals surface area contributed by atoms with Crippen LogP contribution in [0, 0.1) is 0 Å². The Morgan fingerprint density at radius 3 is 2.23 bits per heavy atom. The number of hydrogen-bond donors (Lipinski definition) is 0. The van der Waals surface area contributed by atoms with Crippen LogP contribution in [0.2, 0.25) is 0 Å². The van der Waals surface area contributed by atoms with E-state index in [1.807, 2.05) is 36.3 Å². The van der Waals surface area contributed by atoms with Gasteiger partial charge in [-0.05, 0) is 30.9 Å². The number of nitrogens with zero attached hydrogens (tertiary/aromatic N) is 1. The highest BCUT2D eigenvalue weighted by molar-refractivity contribution is 7.99. The van der Waals surface area contributed by atoms with Crippen LogP contribution < -0.4 is 9.47 Å². The predicted octanol–water partition coefficient (Wildman–Crippen LogP) is 2.43. The Morgan fingerprint density at radius 2 is 1.77 bits per heavy atom. The van der Waals surface area contributed by atoms with E-state index in [-0.39, 0.29) is 11.9 Å². The van der Waals surface area contributed by atoms with Gasteiger partial charge in [0.1, 0.15) is 11.5 Å². The number of ether oxygens (including phenoxy) is 3. The van der Waals surface area contributed by atoms with Crippen molar-refractivity contribution in [2.24, 2.45) is 0 Å². The number of methoxy groups -OCH3 is 3. The van der Waals surface area contributed by atoms with Crippen LogP contribution >= 0.6 is 11.8 Å². The molecule has 0 radical (unpaired) electrons. The summed E-state index contributed by atoms with van der Waals surface area (Å²) in [5, 5.41) is 0. The molecule has 0 fully saturated rings. The van der Waals surface area contributed by atoms with Crippen LogP contribution in [0.5, 0.6) is 11.5 Å². The smallest absolute Gasteiger partial charge is 0.233 e. The van der Waals surface area contributed by atoms with Crippen LogP contribution in [0.3, 0.4) is 0 Å². The van der Waals surface area contributed by atoms with Gasteiger partial charge in [-0.3, -0.25) is 4.79 Å². The predicted molar refractivity (Wildman–Crippen MR) is 89.8 cm³/mol. The molecule has 1 unspecified atom stereocenters. The van der Waals surface area contributed by atoms with Gasteiger partial charge in [0.15, 0.2) is 0 Å². The van der Waals surface area contributed by atoms with Gasteiger partial charge in [-0.2, -0.15) is 11.8 Å². The number of carbonyl (C=O) groups is 1. The van der Waals surface area contributed by atoms with E-state index in [2.05, 4.69) is 0 Å². The summed E-state index contributed by atoms with van der Waals surface area (Å²) in [6.45, 7) is 2.98. The van der Waals surface area contributed by atoms with E-state index in [0.29, 0.717) is 30.4 Å². The molecule has 22 heavy (non-hydrogen) atoms. The third-order valence-corrected chi connectivity index (χ3v) is 3.83. The highest BCUT2D eigenvalue weighted by atomic mass is 32.2. The number of amides is 1. The molecule has 0 aromatic heterocycles. The van der Waals surface area contributed by atoms with Crippen molar-refractivity contribution in [3.63, 3.8) is 0 Å². The maximum absolute atomic E-state index is 12.4. The Labute approximate surface area is 136 Å². The Balaban J connectivity index is 2.99. The Bertz CT molecular complexity index is 459. The maximum Gasteiger partial charge on any atom is 0.233 e. The van der Waals surface area contributed by atoms with Gasteiger partial charge < -0.3 is 19.1 Å². The van der Waals surface area contributed by atoms with Crippen molar-refractivity contribution in [2.45, 2.75) is 19.5 Å². The first-order valence-electron chi connectivity index (χ1n) is 7.05. The molecule has 0 aliphatic heterocycles. The second-order valence-corrected chi connectivity index (χ2v) is 5.85.